The molecule has 94 valence electrons. The van der Waals surface area contributed by atoms with E-state index in [4.69, 9.17) is 0 Å². The van der Waals surface area contributed by atoms with E-state index in [9.17, 15) is 0 Å². The fraction of sp³-hybridized carbons (Fsp3) is 0.625. The van der Waals surface area contributed by atoms with Crippen LogP contribution in [0.5, 0.6) is 0 Å². The maximum Gasteiger partial charge on any atom is 0.00104 e. The molecule has 0 aliphatic heterocycles. The molecule has 0 amide bonds. The van der Waals surface area contributed by atoms with Crippen molar-refractivity contribution in [2.45, 2.75) is 52.0 Å². The third-order valence-electron chi connectivity index (χ3n) is 4.26. The summed E-state index contributed by atoms with van der Waals surface area (Å²) in [6, 6.07) is 9.75. The molecule has 1 heteroatoms. The Morgan fingerprint density at radius 3 is 2.47 bits per heavy atom. The number of hydrogen-bond donors (Lipinski definition) is 1. The van der Waals surface area contributed by atoms with E-state index in [-0.39, 0.29) is 0 Å². The van der Waals surface area contributed by atoms with Crippen LogP contribution >= 0.6 is 0 Å². The van der Waals surface area contributed by atoms with Gasteiger partial charge >= 0.3 is 0 Å². The van der Waals surface area contributed by atoms with E-state index < -0.39 is 0 Å². The molecule has 1 aliphatic rings. The second kappa shape index (κ2) is 4.81. The summed E-state index contributed by atoms with van der Waals surface area (Å²) < 4.78 is 0. The van der Waals surface area contributed by atoms with Gasteiger partial charge in [0.15, 0.2) is 0 Å². The first-order valence-electron chi connectivity index (χ1n) is 6.89. The Morgan fingerprint density at radius 1 is 1.29 bits per heavy atom. The van der Waals surface area contributed by atoms with Crippen molar-refractivity contribution in [2.75, 3.05) is 6.54 Å². The van der Waals surface area contributed by atoms with Crippen molar-refractivity contribution >= 4 is 0 Å². The Hall–Kier alpha value is -0.820. The standard InChI is InChI=1S/C16H25N/c1-5-16(10-15(16)11-17-12(2)3)14-8-6-13(4)7-9-14/h6-9,12,15,17H,5,10-11H2,1-4H3. The lowest BCUT2D eigenvalue weighted by Gasteiger charge is -2.17. The van der Waals surface area contributed by atoms with Gasteiger partial charge in [-0.05, 0) is 43.2 Å². The van der Waals surface area contributed by atoms with Crippen molar-refractivity contribution in [1.82, 2.24) is 5.32 Å². The topological polar surface area (TPSA) is 12.0 Å². The zero-order chi connectivity index (χ0) is 12.5. The maximum atomic E-state index is 3.58. The summed E-state index contributed by atoms with van der Waals surface area (Å²) >= 11 is 0. The summed E-state index contributed by atoms with van der Waals surface area (Å²) in [6.45, 7) is 10.1. The quantitative estimate of drug-likeness (QED) is 0.815. The van der Waals surface area contributed by atoms with Crippen molar-refractivity contribution in [1.29, 1.82) is 0 Å². The van der Waals surface area contributed by atoms with Crippen LogP contribution in [0, 0.1) is 12.8 Å². The van der Waals surface area contributed by atoms with Crippen molar-refractivity contribution < 1.29 is 0 Å². The van der Waals surface area contributed by atoms with E-state index >= 15 is 0 Å². The van der Waals surface area contributed by atoms with Crippen LogP contribution in [0.3, 0.4) is 0 Å². The van der Waals surface area contributed by atoms with Crippen LogP contribution in [0.15, 0.2) is 24.3 Å². The van der Waals surface area contributed by atoms with Crippen LogP contribution < -0.4 is 5.32 Å². The predicted molar refractivity (Wildman–Crippen MR) is 74.4 cm³/mol. The average molecular weight is 231 g/mol. The third-order valence-corrected chi connectivity index (χ3v) is 4.26. The fourth-order valence-corrected chi connectivity index (χ4v) is 2.90. The Balaban J connectivity index is 2.05. The number of rotatable bonds is 5. The molecule has 0 heterocycles. The average Bonchev–Trinajstić information content (AvgIpc) is 3.02. The molecule has 0 saturated heterocycles. The lowest BCUT2D eigenvalue weighted by Crippen LogP contribution is -2.27. The first kappa shape index (κ1) is 12.6. The normalized spacial score (nSPS) is 27.5. The minimum atomic E-state index is 0.468. The fourth-order valence-electron chi connectivity index (χ4n) is 2.90. The summed E-state index contributed by atoms with van der Waals surface area (Å²) in [6.07, 6.45) is 2.62. The maximum absolute atomic E-state index is 3.58. The van der Waals surface area contributed by atoms with Crippen molar-refractivity contribution in [3.05, 3.63) is 35.4 Å². The van der Waals surface area contributed by atoms with Crippen LogP contribution in [0.1, 0.15) is 44.7 Å². The van der Waals surface area contributed by atoms with Gasteiger partial charge in [-0.25, -0.2) is 0 Å². The molecule has 0 bridgehead atoms. The van der Waals surface area contributed by atoms with E-state index in [1.165, 1.54) is 24.9 Å². The van der Waals surface area contributed by atoms with E-state index in [0.29, 0.717) is 11.5 Å². The monoisotopic (exact) mass is 231 g/mol. The molecule has 0 radical (unpaired) electrons. The van der Waals surface area contributed by atoms with Crippen molar-refractivity contribution in [2.24, 2.45) is 5.92 Å². The Kier molecular flexibility index (Phi) is 3.58. The van der Waals surface area contributed by atoms with Crippen LogP contribution in [0.25, 0.3) is 0 Å². The van der Waals surface area contributed by atoms with E-state index in [1.54, 1.807) is 5.56 Å². The highest BCUT2D eigenvalue weighted by Gasteiger charge is 2.52. The van der Waals surface area contributed by atoms with Gasteiger partial charge in [0, 0.05) is 6.04 Å². The summed E-state index contributed by atoms with van der Waals surface area (Å²) in [7, 11) is 0. The SMILES string of the molecule is CCC1(c2ccc(C)cc2)CC1CNC(C)C. The molecule has 0 aromatic heterocycles. The van der Waals surface area contributed by atoms with Crippen LogP contribution in [0.2, 0.25) is 0 Å². The van der Waals surface area contributed by atoms with Crippen LogP contribution in [-0.2, 0) is 5.41 Å². The molecule has 2 rings (SSSR count). The highest BCUT2D eigenvalue weighted by molar-refractivity contribution is 5.35. The van der Waals surface area contributed by atoms with E-state index in [2.05, 4.69) is 57.3 Å². The highest BCUT2D eigenvalue weighted by Crippen LogP contribution is 2.56. The molecule has 1 nitrogen and oxygen atoms in total. The van der Waals surface area contributed by atoms with Crippen molar-refractivity contribution in [3.8, 4) is 0 Å². The minimum absolute atomic E-state index is 0.468. The van der Waals surface area contributed by atoms with Gasteiger partial charge in [-0.1, -0.05) is 50.6 Å². The Bertz CT molecular complexity index is 366. The molecule has 1 aliphatic carbocycles. The summed E-state index contributed by atoms with van der Waals surface area (Å²) in [5.74, 6) is 0.831. The first-order valence-corrected chi connectivity index (χ1v) is 6.89. The molecule has 2 atom stereocenters. The summed E-state index contributed by atoms with van der Waals surface area (Å²) in [5.41, 5.74) is 3.37. The highest BCUT2D eigenvalue weighted by atomic mass is 14.9. The van der Waals surface area contributed by atoms with Gasteiger partial charge in [0.2, 0.25) is 0 Å². The largest absolute Gasteiger partial charge is 0.314 e. The van der Waals surface area contributed by atoms with Gasteiger partial charge in [-0.2, -0.15) is 0 Å². The molecule has 1 saturated carbocycles. The third kappa shape index (κ3) is 2.55. The number of aryl methyl sites for hydroxylation is 1. The van der Waals surface area contributed by atoms with Crippen molar-refractivity contribution in [3.63, 3.8) is 0 Å². The Morgan fingerprint density at radius 2 is 1.94 bits per heavy atom. The molecule has 2 unspecified atom stereocenters. The lowest BCUT2D eigenvalue weighted by molar-refractivity contribution is 0.506. The number of nitrogens with one attached hydrogen (secondary N) is 1. The smallest absolute Gasteiger partial charge is 0.00104 e. The molecule has 0 spiro atoms. The zero-order valence-corrected chi connectivity index (χ0v) is 11.6. The van der Waals surface area contributed by atoms with Crippen LogP contribution in [0.4, 0.5) is 0 Å². The second-order valence-electron chi connectivity index (χ2n) is 5.84. The molecule has 1 N–H and O–H groups in total. The number of benzene rings is 1. The first-order chi connectivity index (χ1) is 8.08. The molecule has 1 aromatic carbocycles. The lowest BCUT2D eigenvalue weighted by atomic mass is 9.90. The van der Waals surface area contributed by atoms with Gasteiger partial charge in [0.1, 0.15) is 0 Å². The van der Waals surface area contributed by atoms with Gasteiger partial charge < -0.3 is 5.32 Å². The molecule has 17 heavy (non-hydrogen) atoms. The summed E-state index contributed by atoms with van der Waals surface area (Å²) in [4.78, 5) is 0. The van der Waals surface area contributed by atoms with Crippen LogP contribution in [-0.4, -0.2) is 12.6 Å². The minimum Gasteiger partial charge on any atom is -0.314 e. The molecule has 1 aromatic rings. The predicted octanol–water partition coefficient (Wildman–Crippen LogP) is 3.66. The molecular weight excluding hydrogens is 206 g/mol. The zero-order valence-electron chi connectivity index (χ0n) is 11.6. The second-order valence-corrected chi connectivity index (χ2v) is 5.84. The van der Waals surface area contributed by atoms with E-state index in [0.717, 1.165) is 5.92 Å². The van der Waals surface area contributed by atoms with E-state index in [1.807, 2.05) is 0 Å². The van der Waals surface area contributed by atoms with Gasteiger partial charge in [0.25, 0.3) is 0 Å². The number of hydrogen-bond acceptors (Lipinski definition) is 1. The molecule has 1 fully saturated rings. The Labute approximate surface area is 106 Å². The summed E-state index contributed by atoms with van der Waals surface area (Å²) in [5, 5.41) is 3.58. The van der Waals surface area contributed by atoms with Gasteiger partial charge in [-0.15, -0.1) is 0 Å². The van der Waals surface area contributed by atoms with Gasteiger partial charge in [-0.3, -0.25) is 0 Å². The van der Waals surface area contributed by atoms with Gasteiger partial charge in [0.05, 0.1) is 0 Å². The molecular formula is C16H25N.